The fourth-order valence-corrected chi connectivity index (χ4v) is 4.57. The molecule has 178 valence electrons. The molecular formula is C26H24N4O5. The molecule has 0 aliphatic carbocycles. The van der Waals surface area contributed by atoms with Crippen molar-refractivity contribution in [3.05, 3.63) is 41.9 Å². The average Bonchev–Trinajstić information content (AvgIpc) is 3.56. The van der Waals surface area contributed by atoms with Crippen LogP contribution in [0, 0.1) is 6.92 Å². The highest BCUT2D eigenvalue weighted by molar-refractivity contribution is 6.16. The third-order valence-electron chi connectivity index (χ3n) is 6.33. The number of benzene rings is 2. The first-order chi connectivity index (χ1) is 16.9. The maximum atomic E-state index is 6.32. The van der Waals surface area contributed by atoms with Crippen LogP contribution >= 0.6 is 0 Å². The number of aromatic nitrogens is 4. The Morgan fingerprint density at radius 2 is 1.63 bits per heavy atom. The first-order valence-corrected chi connectivity index (χ1v) is 11.3. The molecule has 0 atom stereocenters. The number of ether oxygens (including phenoxy) is 3. The van der Waals surface area contributed by atoms with Crippen molar-refractivity contribution in [1.82, 2.24) is 19.8 Å². The second-order valence-corrected chi connectivity index (χ2v) is 8.70. The van der Waals surface area contributed by atoms with E-state index in [1.165, 1.54) is 0 Å². The summed E-state index contributed by atoms with van der Waals surface area (Å²) in [6.45, 7) is 6.04. The summed E-state index contributed by atoms with van der Waals surface area (Å²) in [4.78, 5) is 0. The van der Waals surface area contributed by atoms with Crippen molar-refractivity contribution >= 4 is 38.6 Å². The van der Waals surface area contributed by atoms with Crippen molar-refractivity contribution in [2.24, 2.45) is 0 Å². The Hall–Kier alpha value is -4.27. The Morgan fingerprint density at radius 1 is 0.857 bits per heavy atom. The first-order valence-electron chi connectivity index (χ1n) is 11.3. The van der Waals surface area contributed by atoms with Gasteiger partial charge in [-0.1, -0.05) is 13.8 Å². The van der Waals surface area contributed by atoms with Crippen LogP contribution in [0.15, 0.2) is 39.2 Å². The molecule has 9 heteroatoms. The van der Waals surface area contributed by atoms with Crippen LogP contribution in [-0.2, 0) is 0 Å². The molecule has 0 aliphatic rings. The summed E-state index contributed by atoms with van der Waals surface area (Å²) in [6.07, 6.45) is 0. The third kappa shape index (κ3) is 2.97. The van der Waals surface area contributed by atoms with Gasteiger partial charge in [0, 0.05) is 22.9 Å². The Balaban J connectivity index is 1.77. The zero-order valence-corrected chi connectivity index (χ0v) is 20.3. The van der Waals surface area contributed by atoms with Gasteiger partial charge in [-0.3, -0.25) is 0 Å². The zero-order valence-electron chi connectivity index (χ0n) is 20.3. The Kier molecular flexibility index (Phi) is 4.64. The largest absolute Gasteiger partial charge is 0.495 e. The molecule has 2 aromatic carbocycles. The van der Waals surface area contributed by atoms with Crippen LogP contribution in [0.1, 0.15) is 31.4 Å². The smallest absolute Gasteiger partial charge is 0.221 e. The number of methoxy groups -OCH3 is 3. The lowest BCUT2D eigenvalue weighted by molar-refractivity contribution is 0.355. The van der Waals surface area contributed by atoms with Crippen molar-refractivity contribution in [3.63, 3.8) is 0 Å². The fraction of sp³-hybridized carbons (Fsp3) is 0.269. The van der Waals surface area contributed by atoms with E-state index in [-0.39, 0.29) is 5.92 Å². The summed E-state index contributed by atoms with van der Waals surface area (Å²) in [5.74, 6) is 3.61. The van der Waals surface area contributed by atoms with E-state index in [1.54, 1.807) is 25.8 Å². The highest BCUT2D eigenvalue weighted by Crippen LogP contribution is 2.45. The van der Waals surface area contributed by atoms with Gasteiger partial charge in [0.15, 0.2) is 22.9 Å². The van der Waals surface area contributed by atoms with E-state index < -0.39 is 0 Å². The van der Waals surface area contributed by atoms with Gasteiger partial charge in [-0.05, 0) is 31.2 Å². The van der Waals surface area contributed by atoms with Crippen LogP contribution in [-0.4, -0.2) is 41.1 Å². The molecule has 4 aromatic heterocycles. The predicted molar refractivity (Wildman–Crippen MR) is 132 cm³/mol. The molecule has 0 radical (unpaired) electrons. The van der Waals surface area contributed by atoms with Crippen molar-refractivity contribution in [3.8, 4) is 28.5 Å². The van der Waals surface area contributed by atoms with Gasteiger partial charge in [-0.15, -0.1) is 10.2 Å². The van der Waals surface area contributed by atoms with E-state index in [2.05, 4.69) is 24.0 Å². The minimum absolute atomic E-state index is 0.247. The quantitative estimate of drug-likeness (QED) is 0.306. The number of aryl methyl sites for hydroxylation is 1. The molecular weight excluding hydrogens is 448 g/mol. The minimum atomic E-state index is 0.247. The van der Waals surface area contributed by atoms with Crippen LogP contribution in [0.5, 0.6) is 17.2 Å². The van der Waals surface area contributed by atoms with E-state index in [1.807, 2.05) is 37.3 Å². The number of furan rings is 2. The summed E-state index contributed by atoms with van der Waals surface area (Å²) < 4.78 is 31.1. The van der Waals surface area contributed by atoms with Gasteiger partial charge >= 0.3 is 0 Å². The van der Waals surface area contributed by atoms with E-state index in [4.69, 9.17) is 28.1 Å². The average molecular weight is 473 g/mol. The topological polar surface area (TPSA) is 97.1 Å². The summed E-state index contributed by atoms with van der Waals surface area (Å²) >= 11 is 0. The lowest BCUT2D eigenvalue weighted by Gasteiger charge is -2.11. The Morgan fingerprint density at radius 3 is 2.34 bits per heavy atom. The molecule has 0 spiro atoms. The lowest BCUT2D eigenvalue weighted by Crippen LogP contribution is -1.99. The van der Waals surface area contributed by atoms with Gasteiger partial charge in [0.2, 0.25) is 5.65 Å². The van der Waals surface area contributed by atoms with E-state index in [0.717, 1.165) is 33.1 Å². The van der Waals surface area contributed by atoms with Crippen molar-refractivity contribution < 1.29 is 23.0 Å². The van der Waals surface area contributed by atoms with Crippen molar-refractivity contribution in [2.75, 3.05) is 21.3 Å². The van der Waals surface area contributed by atoms with Gasteiger partial charge in [-0.2, -0.15) is 9.61 Å². The molecule has 0 fully saturated rings. The van der Waals surface area contributed by atoms with Crippen LogP contribution < -0.4 is 14.2 Å². The summed E-state index contributed by atoms with van der Waals surface area (Å²) in [7, 11) is 4.85. The van der Waals surface area contributed by atoms with Gasteiger partial charge in [0.25, 0.3) is 0 Å². The second kappa shape index (κ2) is 7.63. The fourth-order valence-electron chi connectivity index (χ4n) is 4.57. The normalized spacial score (nSPS) is 12.0. The number of nitrogens with zero attached hydrogens (tertiary/aromatic N) is 4. The third-order valence-corrected chi connectivity index (χ3v) is 6.33. The maximum absolute atomic E-state index is 6.32. The second-order valence-electron chi connectivity index (χ2n) is 8.70. The van der Waals surface area contributed by atoms with Crippen molar-refractivity contribution in [1.29, 1.82) is 0 Å². The molecule has 6 aromatic rings. The molecule has 0 saturated carbocycles. The summed E-state index contributed by atoms with van der Waals surface area (Å²) in [5, 5.41) is 16.0. The monoisotopic (exact) mass is 472 g/mol. The molecule has 9 nitrogen and oxygen atoms in total. The molecule has 6 rings (SSSR count). The Labute approximate surface area is 200 Å². The van der Waals surface area contributed by atoms with Gasteiger partial charge in [-0.25, -0.2) is 0 Å². The summed E-state index contributed by atoms with van der Waals surface area (Å²) in [5.41, 5.74) is 3.95. The van der Waals surface area contributed by atoms with Crippen LogP contribution in [0.3, 0.4) is 0 Å². The minimum Gasteiger partial charge on any atom is -0.495 e. The molecule has 0 N–H and O–H groups in total. The van der Waals surface area contributed by atoms with E-state index >= 15 is 0 Å². The number of fused-ring (bicyclic) bond motifs is 6. The van der Waals surface area contributed by atoms with Crippen molar-refractivity contribution in [2.45, 2.75) is 26.7 Å². The number of hydrogen-bond acceptors (Lipinski definition) is 8. The van der Waals surface area contributed by atoms with Gasteiger partial charge in [0.05, 0.1) is 32.1 Å². The maximum Gasteiger partial charge on any atom is 0.221 e. The lowest BCUT2D eigenvalue weighted by atomic mass is 10.0. The molecule has 0 unspecified atom stereocenters. The molecule has 0 bridgehead atoms. The number of rotatable bonds is 5. The SMILES string of the molecule is COc1cc2oc3c(c(-c4ccc5oc(C(C)C)cc5c4OC)nn4c(C)nnc34)c2cc1OC. The van der Waals surface area contributed by atoms with Gasteiger partial charge < -0.3 is 23.0 Å². The predicted octanol–water partition coefficient (Wildman–Crippen LogP) is 5.89. The molecule has 35 heavy (non-hydrogen) atoms. The molecule has 4 heterocycles. The zero-order chi connectivity index (χ0) is 24.4. The first kappa shape index (κ1) is 21.3. The highest BCUT2D eigenvalue weighted by Gasteiger charge is 2.25. The van der Waals surface area contributed by atoms with Crippen LogP contribution in [0.2, 0.25) is 0 Å². The van der Waals surface area contributed by atoms with Crippen LogP contribution in [0.25, 0.3) is 49.8 Å². The van der Waals surface area contributed by atoms with Crippen LogP contribution in [0.4, 0.5) is 0 Å². The molecule has 0 aliphatic heterocycles. The van der Waals surface area contributed by atoms with E-state index in [9.17, 15) is 0 Å². The Bertz CT molecular complexity index is 1760. The number of hydrogen-bond donors (Lipinski definition) is 0. The van der Waals surface area contributed by atoms with E-state index in [0.29, 0.717) is 45.6 Å². The highest BCUT2D eigenvalue weighted by atomic mass is 16.5. The standard InChI is InChI=1S/C26H24N4O5/c1-12(2)18-10-16-17(34-18)8-7-14(24(16)33-6)23-22-15-9-20(31-4)21(32-5)11-19(15)35-25(22)26-28-27-13(3)30(26)29-23/h7-12H,1-6H3. The molecule has 0 amide bonds. The summed E-state index contributed by atoms with van der Waals surface area (Å²) in [6, 6.07) is 9.64. The molecule has 0 saturated heterocycles. The van der Waals surface area contributed by atoms with Gasteiger partial charge in [0.1, 0.15) is 28.4 Å².